The lowest BCUT2D eigenvalue weighted by Gasteiger charge is -2.11. The van der Waals surface area contributed by atoms with Crippen LogP contribution in [0.1, 0.15) is 33.6 Å². The molecule has 0 saturated heterocycles. The van der Waals surface area contributed by atoms with Crippen molar-refractivity contribution in [2.75, 3.05) is 18.5 Å². The number of aryl methyl sites for hydroxylation is 1. The lowest BCUT2D eigenvalue weighted by Crippen LogP contribution is -2.33. The fraction of sp³-hybridized carbons (Fsp3) is 0.316. The second-order valence-corrected chi connectivity index (χ2v) is 9.83. The van der Waals surface area contributed by atoms with Crippen molar-refractivity contribution >= 4 is 44.1 Å². The van der Waals surface area contributed by atoms with E-state index in [2.05, 4.69) is 10.1 Å². The number of anilines is 1. The van der Waals surface area contributed by atoms with Crippen molar-refractivity contribution in [3.8, 4) is 0 Å². The van der Waals surface area contributed by atoms with Crippen LogP contribution in [0.2, 0.25) is 0 Å². The standard InChI is InChI=1S/C19H18F3N3O6S2/c20-10-5-6-12(17(22)16(10)21)33(29,30)24-7-14(27)31-8-13(26)25-19-15(18(23)28)9-3-1-2-4-11(9)32-19/h5-6,24H,1-4,7-8H2,(H2,23,28)(H,25,26). The summed E-state index contributed by atoms with van der Waals surface area (Å²) >= 11 is 1.21. The van der Waals surface area contributed by atoms with Gasteiger partial charge in [0, 0.05) is 4.88 Å². The SMILES string of the molecule is NC(=O)c1c(NC(=O)COC(=O)CNS(=O)(=O)c2ccc(F)c(F)c2F)sc2c1CCCC2. The second-order valence-electron chi connectivity index (χ2n) is 6.99. The summed E-state index contributed by atoms with van der Waals surface area (Å²) in [4.78, 5) is 35.5. The van der Waals surface area contributed by atoms with E-state index in [-0.39, 0.29) is 10.6 Å². The highest BCUT2D eigenvalue weighted by molar-refractivity contribution is 7.89. The number of amides is 2. The topological polar surface area (TPSA) is 145 Å². The molecule has 2 aromatic rings. The van der Waals surface area contributed by atoms with Crippen LogP contribution in [-0.2, 0) is 37.2 Å². The Morgan fingerprint density at radius 1 is 1.09 bits per heavy atom. The average Bonchev–Trinajstić information content (AvgIpc) is 3.12. The van der Waals surface area contributed by atoms with Gasteiger partial charge in [-0.05, 0) is 43.4 Å². The van der Waals surface area contributed by atoms with E-state index in [9.17, 15) is 36.0 Å². The number of esters is 1. The van der Waals surface area contributed by atoms with Gasteiger partial charge in [0.1, 0.15) is 16.4 Å². The quantitative estimate of drug-likeness (QED) is 0.367. The molecular formula is C19H18F3N3O6S2. The van der Waals surface area contributed by atoms with Crippen LogP contribution < -0.4 is 15.8 Å². The van der Waals surface area contributed by atoms with Gasteiger partial charge >= 0.3 is 5.97 Å². The van der Waals surface area contributed by atoms with Gasteiger partial charge in [-0.1, -0.05) is 0 Å². The van der Waals surface area contributed by atoms with Crippen molar-refractivity contribution in [3.63, 3.8) is 0 Å². The third-order valence-electron chi connectivity index (χ3n) is 4.73. The zero-order valence-corrected chi connectivity index (χ0v) is 18.5. The molecule has 0 aliphatic heterocycles. The van der Waals surface area contributed by atoms with Crippen LogP contribution >= 0.6 is 11.3 Å². The summed E-state index contributed by atoms with van der Waals surface area (Å²) in [6.45, 7) is -1.81. The number of fused-ring (bicyclic) bond motifs is 1. The maximum atomic E-state index is 13.7. The number of hydrogen-bond donors (Lipinski definition) is 3. The monoisotopic (exact) mass is 505 g/mol. The highest BCUT2D eigenvalue weighted by Gasteiger charge is 2.26. The molecule has 0 bridgehead atoms. The first-order chi connectivity index (χ1) is 15.5. The Labute approximate surface area is 190 Å². The van der Waals surface area contributed by atoms with Gasteiger partial charge in [0.25, 0.3) is 11.8 Å². The van der Waals surface area contributed by atoms with Gasteiger partial charge in [0.05, 0.1) is 5.56 Å². The van der Waals surface area contributed by atoms with Crippen molar-refractivity contribution in [3.05, 3.63) is 45.6 Å². The lowest BCUT2D eigenvalue weighted by atomic mass is 9.95. The number of benzene rings is 1. The number of nitrogens with two attached hydrogens (primary N) is 1. The number of carbonyl (C=O) groups is 3. The lowest BCUT2D eigenvalue weighted by molar-refractivity contribution is -0.146. The molecule has 1 heterocycles. The van der Waals surface area contributed by atoms with E-state index in [1.807, 2.05) is 0 Å². The van der Waals surface area contributed by atoms with Crippen LogP contribution in [0.3, 0.4) is 0 Å². The molecule has 0 atom stereocenters. The zero-order valence-electron chi connectivity index (χ0n) is 16.9. The van der Waals surface area contributed by atoms with Gasteiger partial charge in [-0.25, -0.2) is 21.6 Å². The largest absolute Gasteiger partial charge is 0.455 e. The average molecular weight is 505 g/mol. The van der Waals surface area contributed by atoms with Gasteiger partial charge in [-0.3, -0.25) is 14.4 Å². The summed E-state index contributed by atoms with van der Waals surface area (Å²) in [5.41, 5.74) is 6.45. The minimum Gasteiger partial charge on any atom is -0.455 e. The van der Waals surface area contributed by atoms with Crippen molar-refractivity contribution < 1.29 is 40.7 Å². The van der Waals surface area contributed by atoms with Crippen molar-refractivity contribution in [2.24, 2.45) is 5.73 Å². The summed E-state index contributed by atoms with van der Waals surface area (Å²) in [6, 6.07) is 0.907. The third-order valence-corrected chi connectivity index (χ3v) is 7.36. The number of halogens is 3. The van der Waals surface area contributed by atoms with Crippen molar-refractivity contribution in [2.45, 2.75) is 30.6 Å². The zero-order chi connectivity index (χ0) is 24.3. The molecule has 14 heteroatoms. The normalized spacial score (nSPS) is 13.3. The first-order valence-corrected chi connectivity index (χ1v) is 11.8. The summed E-state index contributed by atoms with van der Waals surface area (Å²) in [6.07, 6.45) is 3.25. The molecule has 33 heavy (non-hydrogen) atoms. The van der Waals surface area contributed by atoms with E-state index in [0.29, 0.717) is 18.6 Å². The van der Waals surface area contributed by atoms with Crippen molar-refractivity contribution in [1.82, 2.24) is 4.72 Å². The van der Waals surface area contributed by atoms with Crippen LogP contribution in [0.25, 0.3) is 0 Å². The fourth-order valence-corrected chi connectivity index (χ4v) is 5.57. The van der Waals surface area contributed by atoms with Crippen LogP contribution in [0.5, 0.6) is 0 Å². The summed E-state index contributed by atoms with van der Waals surface area (Å²) in [5, 5.41) is 2.70. The smallest absolute Gasteiger partial charge is 0.321 e. The fourth-order valence-electron chi connectivity index (χ4n) is 3.22. The van der Waals surface area contributed by atoms with Gasteiger partial charge < -0.3 is 15.8 Å². The molecule has 1 aromatic carbocycles. The van der Waals surface area contributed by atoms with Gasteiger partial charge in [-0.15, -0.1) is 11.3 Å². The molecule has 1 aliphatic rings. The minimum absolute atomic E-state index is 0.218. The predicted octanol–water partition coefficient (Wildman–Crippen LogP) is 1.60. The van der Waals surface area contributed by atoms with E-state index < -0.39 is 63.3 Å². The number of ether oxygens (including phenoxy) is 1. The molecular weight excluding hydrogens is 487 g/mol. The number of sulfonamides is 1. The number of carbonyl (C=O) groups excluding carboxylic acids is 3. The highest BCUT2D eigenvalue weighted by atomic mass is 32.2. The molecule has 178 valence electrons. The molecule has 0 unspecified atom stereocenters. The van der Waals surface area contributed by atoms with Crippen LogP contribution in [0.15, 0.2) is 17.0 Å². The van der Waals surface area contributed by atoms with E-state index in [1.165, 1.54) is 11.3 Å². The number of thiophene rings is 1. The van der Waals surface area contributed by atoms with Crippen LogP contribution in [0, 0.1) is 17.5 Å². The Morgan fingerprint density at radius 2 is 1.79 bits per heavy atom. The maximum absolute atomic E-state index is 13.7. The maximum Gasteiger partial charge on any atom is 0.321 e. The molecule has 0 radical (unpaired) electrons. The van der Waals surface area contributed by atoms with Gasteiger partial charge in [-0.2, -0.15) is 4.72 Å². The highest BCUT2D eigenvalue weighted by Crippen LogP contribution is 2.37. The number of rotatable bonds is 8. The molecule has 0 fully saturated rings. The second kappa shape index (κ2) is 9.89. The van der Waals surface area contributed by atoms with Gasteiger partial charge in [0.15, 0.2) is 24.1 Å². The molecule has 9 nitrogen and oxygen atoms in total. The first kappa shape index (κ1) is 24.7. The summed E-state index contributed by atoms with van der Waals surface area (Å²) in [7, 11) is -4.71. The first-order valence-electron chi connectivity index (χ1n) is 9.54. The number of hydrogen-bond acceptors (Lipinski definition) is 7. The number of nitrogens with one attached hydrogen (secondary N) is 2. The van der Waals surface area contributed by atoms with Gasteiger partial charge in [0.2, 0.25) is 10.0 Å². The Kier molecular flexibility index (Phi) is 7.39. The third kappa shape index (κ3) is 5.51. The molecule has 4 N–H and O–H groups in total. The number of primary amides is 1. The molecule has 3 rings (SSSR count). The Balaban J connectivity index is 1.56. The molecule has 2 amide bonds. The summed E-state index contributed by atoms with van der Waals surface area (Å²) in [5.74, 6) is -8.19. The Hall–Kier alpha value is -2.97. The Bertz CT molecular complexity index is 1230. The van der Waals surface area contributed by atoms with E-state index in [1.54, 1.807) is 4.72 Å². The van der Waals surface area contributed by atoms with E-state index in [4.69, 9.17) is 5.73 Å². The summed E-state index contributed by atoms with van der Waals surface area (Å²) < 4.78 is 70.3. The van der Waals surface area contributed by atoms with Crippen LogP contribution in [0.4, 0.5) is 18.2 Å². The molecule has 0 saturated carbocycles. The molecule has 1 aliphatic carbocycles. The van der Waals surface area contributed by atoms with E-state index >= 15 is 0 Å². The van der Waals surface area contributed by atoms with Crippen molar-refractivity contribution in [1.29, 1.82) is 0 Å². The molecule has 0 spiro atoms. The molecule has 1 aromatic heterocycles. The van der Waals surface area contributed by atoms with E-state index in [0.717, 1.165) is 29.7 Å². The predicted molar refractivity (Wildman–Crippen MR) is 111 cm³/mol. The minimum atomic E-state index is -4.71. The Morgan fingerprint density at radius 3 is 2.48 bits per heavy atom. The van der Waals surface area contributed by atoms with Crippen LogP contribution in [-0.4, -0.2) is 39.4 Å².